The number of hydrogen-bond donors (Lipinski definition) is 0. The van der Waals surface area contributed by atoms with Gasteiger partial charge in [-0.1, -0.05) is 0 Å². The molecule has 4 nitrogen and oxygen atoms in total. The first kappa shape index (κ1) is 13.4. The third-order valence-electron chi connectivity index (χ3n) is 4.56. The van der Waals surface area contributed by atoms with Crippen molar-refractivity contribution in [1.29, 1.82) is 0 Å². The minimum atomic E-state index is 0.157. The first-order chi connectivity index (χ1) is 10.4. The Morgan fingerprint density at radius 3 is 3.19 bits per heavy atom. The monoisotopic (exact) mass is 301 g/mol. The van der Waals surface area contributed by atoms with Gasteiger partial charge in [-0.3, -0.25) is 4.90 Å². The van der Waals surface area contributed by atoms with E-state index in [-0.39, 0.29) is 6.10 Å². The van der Waals surface area contributed by atoms with Gasteiger partial charge >= 0.3 is 0 Å². The summed E-state index contributed by atoms with van der Waals surface area (Å²) in [5.41, 5.74) is 2.45. The molecule has 2 aromatic rings. The van der Waals surface area contributed by atoms with E-state index in [9.17, 15) is 0 Å². The SMILES string of the molecule is c1cc([C@H]2C[C@H]3CCN(Cc4ccsc4)C[C@@H]3O2)ncn1. The van der Waals surface area contributed by atoms with E-state index in [1.165, 1.54) is 18.5 Å². The van der Waals surface area contributed by atoms with Crippen LogP contribution in [0.2, 0.25) is 0 Å². The lowest BCUT2D eigenvalue weighted by Crippen LogP contribution is -2.41. The normalized spacial score (nSPS) is 29.4. The van der Waals surface area contributed by atoms with E-state index >= 15 is 0 Å². The van der Waals surface area contributed by atoms with Crippen LogP contribution < -0.4 is 0 Å². The standard InChI is InChI=1S/C16H19N3OS/c1-4-17-11-18-14(1)15-7-13-2-5-19(9-16(13)20-15)8-12-3-6-21-10-12/h1,3-4,6,10-11,13,15-16H,2,5,7-9H2/t13-,15-,16+/m1/s1. The van der Waals surface area contributed by atoms with Gasteiger partial charge in [-0.15, -0.1) is 0 Å². The maximum absolute atomic E-state index is 6.27. The smallest absolute Gasteiger partial charge is 0.115 e. The Hall–Kier alpha value is -1.30. The van der Waals surface area contributed by atoms with E-state index in [1.54, 1.807) is 23.9 Å². The summed E-state index contributed by atoms with van der Waals surface area (Å²) in [6.07, 6.45) is 6.27. The highest BCUT2D eigenvalue weighted by Crippen LogP contribution is 2.40. The fourth-order valence-electron chi connectivity index (χ4n) is 3.46. The molecule has 0 bridgehead atoms. The lowest BCUT2D eigenvalue weighted by molar-refractivity contribution is -0.0106. The Morgan fingerprint density at radius 2 is 2.38 bits per heavy atom. The quantitative estimate of drug-likeness (QED) is 0.874. The van der Waals surface area contributed by atoms with Gasteiger partial charge in [0.1, 0.15) is 12.4 Å². The summed E-state index contributed by atoms with van der Waals surface area (Å²) < 4.78 is 6.27. The van der Waals surface area contributed by atoms with Crippen LogP contribution in [0.3, 0.4) is 0 Å². The Kier molecular flexibility index (Phi) is 3.71. The van der Waals surface area contributed by atoms with Crippen LogP contribution >= 0.6 is 11.3 Å². The molecule has 2 fully saturated rings. The number of likely N-dealkylation sites (tertiary alicyclic amines) is 1. The highest BCUT2D eigenvalue weighted by molar-refractivity contribution is 7.07. The summed E-state index contributed by atoms with van der Waals surface area (Å²) in [4.78, 5) is 10.9. The van der Waals surface area contributed by atoms with Crippen LogP contribution in [0.1, 0.15) is 30.2 Å². The predicted molar refractivity (Wildman–Crippen MR) is 82.0 cm³/mol. The molecule has 0 aliphatic carbocycles. The highest BCUT2D eigenvalue weighted by atomic mass is 32.1. The third kappa shape index (κ3) is 2.86. The summed E-state index contributed by atoms with van der Waals surface area (Å²) in [5, 5.41) is 4.39. The molecule has 0 spiro atoms. The molecule has 4 rings (SSSR count). The first-order valence-corrected chi connectivity index (χ1v) is 8.47. The van der Waals surface area contributed by atoms with Crippen LogP contribution in [0.15, 0.2) is 35.4 Å². The van der Waals surface area contributed by atoms with E-state index in [1.807, 2.05) is 6.07 Å². The lowest BCUT2D eigenvalue weighted by atomic mass is 9.91. The van der Waals surface area contributed by atoms with Crippen LogP contribution in [0, 0.1) is 5.92 Å². The number of hydrogen-bond acceptors (Lipinski definition) is 5. The van der Waals surface area contributed by atoms with Crippen molar-refractivity contribution >= 4 is 11.3 Å². The van der Waals surface area contributed by atoms with Crippen molar-refractivity contribution in [3.63, 3.8) is 0 Å². The van der Waals surface area contributed by atoms with Crippen molar-refractivity contribution in [3.8, 4) is 0 Å². The van der Waals surface area contributed by atoms with E-state index in [0.717, 1.165) is 25.2 Å². The molecule has 2 aliphatic rings. The van der Waals surface area contributed by atoms with Gasteiger partial charge in [-0.25, -0.2) is 9.97 Å². The van der Waals surface area contributed by atoms with Crippen LogP contribution in [-0.2, 0) is 11.3 Å². The molecule has 3 atom stereocenters. The van der Waals surface area contributed by atoms with Gasteiger partial charge in [0.15, 0.2) is 0 Å². The van der Waals surface area contributed by atoms with Crippen molar-refractivity contribution < 1.29 is 4.74 Å². The molecule has 5 heteroatoms. The van der Waals surface area contributed by atoms with E-state index < -0.39 is 0 Å². The molecule has 4 heterocycles. The number of rotatable bonds is 3. The summed E-state index contributed by atoms with van der Waals surface area (Å²) in [5.74, 6) is 0.684. The second kappa shape index (κ2) is 5.83. The molecule has 2 aliphatic heterocycles. The van der Waals surface area contributed by atoms with Crippen LogP contribution in [0.5, 0.6) is 0 Å². The Balaban J connectivity index is 1.40. The zero-order valence-corrected chi connectivity index (χ0v) is 12.7. The summed E-state index contributed by atoms with van der Waals surface area (Å²) >= 11 is 1.77. The zero-order chi connectivity index (χ0) is 14.1. The van der Waals surface area contributed by atoms with Crippen molar-refractivity contribution in [1.82, 2.24) is 14.9 Å². The number of fused-ring (bicyclic) bond motifs is 1. The minimum absolute atomic E-state index is 0.157. The fourth-order valence-corrected chi connectivity index (χ4v) is 4.12. The third-order valence-corrected chi connectivity index (χ3v) is 5.29. The van der Waals surface area contributed by atoms with E-state index in [0.29, 0.717) is 12.0 Å². The molecule has 0 N–H and O–H groups in total. The molecule has 0 aromatic carbocycles. The van der Waals surface area contributed by atoms with Gasteiger partial charge in [0, 0.05) is 19.3 Å². The van der Waals surface area contributed by atoms with E-state index in [2.05, 4.69) is 31.7 Å². The number of thiophene rings is 1. The van der Waals surface area contributed by atoms with Crippen molar-refractivity contribution in [2.45, 2.75) is 31.6 Å². The lowest BCUT2D eigenvalue weighted by Gasteiger charge is -2.33. The van der Waals surface area contributed by atoms with Crippen molar-refractivity contribution in [2.24, 2.45) is 5.92 Å². The second-order valence-electron chi connectivity index (χ2n) is 5.95. The Morgan fingerprint density at radius 1 is 1.38 bits per heavy atom. The molecule has 2 saturated heterocycles. The van der Waals surface area contributed by atoms with Crippen molar-refractivity contribution in [3.05, 3.63) is 46.7 Å². The average Bonchev–Trinajstić information content (AvgIpc) is 3.17. The maximum Gasteiger partial charge on any atom is 0.115 e. The molecule has 0 saturated carbocycles. The molecule has 21 heavy (non-hydrogen) atoms. The van der Waals surface area contributed by atoms with Gasteiger partial charge in [-0.2, -0.15) is 11.3 Å². The van der Waals surface area contributed by atoms with Crippen LogP contribution in [-0.4, -0.2) is 34.1 Å². The maximum atomic E-state index is 6.27. The van der Waals surface area contributed by atoms with Gasteiger partial charge < -0.3 is 4.74 Å². The number of nitrogens with zero attached hydrogens (tertiary/aromatic N) is 3. The molecule has 110 valence electrons. The second-order valence-corrected chi connectivity index (χ2v) is 6.73. The number of piperidine rings is 1. The molecule has 2 aromatic heterocycles. The van der Waals surface area contributed by atoms with Crippen molar-refractivity contribution in [2.75, 3.05) is 13.1 Å². The molecule has 0 radical (unpaired) electrons. The van der Waals surface area contributed by atoms with Gasteiger partial charge in [-0.05, 0) is 53.8 Å². The Labute approximate surface area is 128 Å². The summed E-state index contributed by atoms with van der Waals surface area (Å²) in [6, 6.07) is 4.20. The zero-order valence-electron chi connectivity index (χ0n) is 11.9. The average molecular weight is 301 g/mol. The summed E-state index contributed by atoms with van der Waals surface area (Å²) in [7, 11) is 0. The topological polar surface area (TPSA) is 38.2 Å². The van der Waals surface area contributed by atoms with Crippen LogP contribution in [0.4, 0.5) is 0 Å². The summed E-state index contributed by atoms with van der Waals surface area (Å²) in [6.45, 7) is 3.27. The Bertz CT molecular complexity index is 574. The predicted octanol–water partition coefficient (Wildman–Crippen LogP) is 2.89. The van der Waals surface area contributed by atoms with Gasteiger partial charge in [0.25, 0.3) is 0 Å². The fraction of sp³-hybridized carbons (Fsp3) is 0.500. The van der Waals surface area contributed by atoms with Gasteiger partial charge in [0.2, 0.25) is 0 Å². The number of aromatic nitrogens is 2. The van der Waals surface area contributed by atoms with Crippen LogP contribution in [0.25, 0.3) is 0 Å². The molecular formula is C16H19N3OS. The molecule has 0 amide bonds. The first-order valence-electron chi connectivity index (χ1n) is 7.53. The minimum Gasteiger partial charge on any atom is -0.367 e. The van der Waals surface area contributed by atoms with Gasteiger partial charge in [0.05, 0.1) is 11.8 Å². The molecule has 0 unspecified atom stereocenters. The largest absolute Gasteiger partial charge is 0.367 e. The van der Waals surface area contributed by atoms with E-state index in [4.69, 9.17) is 4.74 Å². The molecular weight excluding hydrogens is 282 g/mol. The number of ether oxygens (including phenoxy) is 1. The highest BCUT2D eigenvalue weighted by Gasteiger charge is 2.39.